The van der Waals surface area contributed by atoms with Crippen molar-refractivity contribution in [2.24, 2.45) is 0 Å². The number of hydrogen-bond donors (Lipinski definition) is 0. The van der Waals surface area contributed by atoms with Gasteiger partial charge in [0.25, 0.3) is 5.91 Å². The van der Waals surface area contributed by atoms with Gasteiger partial charge in [0, 0.05) is 22.4 Å². The van der Waals surface area contributed by atoms with Gasteiger partial charge in [-0.3, -0.25) is 4.79 Å². The lowest BCUT2D eigenvalue weighted by Gasteiger charge is -2.15. The molecule has 0 radical (unpaired) electrons. The molecule has 1 aliphatic rings. The van der Waals surface area contributed by atoms with E-state index in [1.165, 1.54) is 15.3 Å². The fourth-order valence-electron chi connectivity index (χ4n) is 2.42. The quantitative estimate of drug-likeness (QED) is 0.759. The topological polar surface area (TPSA) is 20.3 Å². The summed E-state index contributed by atoms with van der Waals surface area (Å²) < 4.78 is 0. The predicted molar refractivity (Wildman–Crippen MR) is 75.0 cm³/mol. The first-order valence-electron chi connectivity index (χ1n) is 6.06. The number of benzene rings is 1. The van der Waals surface area contributed by atoms with Crippen molar-refractivity contribution in [2.45, 2.75) is 19.9 Å². The molecule has 1 amide bonds. The van der Waals surface area contributed by atoms with E-state index < -0.39 is 0 Å². The van der Waals surface area contributed by atoms with Crippen molar-refractivity contribution in [3.05, 3.63) is 46.3 Å². The lowest BCUT2D eigenvalue weighted by Crippen LogP contribution is -2.20. The first-order chi connectivity index (χ1) is 8.58. The molecule has 1 atom stereocenters. The Hall–Kier alpha value is -1.61. The molecule has 2 heterocycles. The van der Waals surface area contributed by atoms with E-state index in [4.69, 9.17) is 0 Å². The van der Waals surface area contributed by atoms with Gasteiger partial charge in [-0.2, -0.15) is 0 Å². The van der Waals surface area contributed by atoms with E-state index in [9.17, 15) is 4.79 Å². The lowest BCUT2D eigenvalue weighted by atomic mass is 10.0. The molecule has 92 valence electrons. The summed E-state index contributed by atoms with van der Waals surface area (Å²) in [6.45, 7) is 4.19. The van der Waals surface area contributed by atoms with Gasteiger partial charge in [0.2, 0.25) is 0 Å². The maximum absolute atomic E-state index is 12.0. The maximum atomic E-state index is 12.0. The summed E-state index contributed by atoms with van der Waals surface area (Å²) >= 11 is 1.79. The van der Waals surface area contributed by atoms with Crippen LogP contribution in [-0.4, -0.2) is 17.9 Å². The highest BCUT2D eigenvalue weighted by Gasteiger charge is 2.31. The zero-order valence-corrected chi connectivity index (χ0v) is 11.5. The molecule has 0 aliphatic carbocycles. The minimum absolute atomic E-state index is 0.131. The van der Waals surface area contributed by atoms with E-state index in [0.29, 0.717) is 0 Å². The third kappa shape index (κ3) is 1.58. The summed E-state index contributed by atoms with van der Waals surface area (Å²) in [5.74, 6) is 0.131. The van der Waals surface area contributed by atoms with E-state index in [2.05, 4.69) is 32.0 Å². The van der Waals surface area contributed by atoms with Crippen molar-refractivity contribution in [1.82, 2.24) is 4.90 Å². The monoisotopic (exact) mass is 257 g/mol. The van der Waals surface area contributed by atoms with Crippen LogP contribution < -0.4 is 0 Å². The Labute approximate surface area is 111 Å². The van der Waals surface area contributed by atoms with Crippen LogP contribution in [0.5, 0.6) is 0 Å². The maximum Gasteiger partial charge on any atom is 0.254 e. The smallest absolute Gasteiger partial charge is 0.254 e. The van der Waals surface area contributed by atoms with Gasteiger partial charge in [0.15, 0.2) is 0 Å². The molecule has 1 aromatic heterocycles. The van der Waals surface area contributed by atoms with Gasteiger partial charge < -0.3 is 4.90 Å². The third-order valence-corrected chi connectivity index (χ3v) is 4.71. The number of carbonyl (C=O) groups is 1. The Kier molecular flexibility index (Phi) is 2.52. The second-order valence-electron chi connectivity index (χ2n) is 4.80. The first kappa shape index (κ1) is 11.5. The Bertz CT molecular complexity index is 629. The number of thiophene rings is 1. The summed E-state index contributed by atoms with van der Waals surface area (Å²) in [5, 5.41) is 0. The lowest BCUT2D eigenvalue weighted by molar-refractivity contribution is 0.0784. The van der Waals surface area contributed by atoms with Gasteiger partial charge in [-0.1, -0.05) is 6.07 Å². The zero-order valence-electron chi connectivity index (χ0n) is 10.7. The second kappa shape index (κ2) is 3.95. The fourth-order valence-corrected chi connectivity index (χ4v) is 3.28. The van der Waals surface area contributed by atoms with E-state index >= 15 is 0 Å². The summed E-state index contributed by atoms with van der Waals surface area (Å²) in [6, 6.07) is 10.6. The Balaban J connectivity index is 2.10. The molecular formula is C15H15NOS. The molecule has 0 saturated heterocycles. The Morgan fingerprint density at radius 3 is 2.67 bits per heavy atom. The van der Waals surface area contributed by atoms with Crippen molar-refractivity contribution < 1.29 is 4.79 Å². The average Bonchev–Trinajstić information content (AvgIpc) is 2.89. The molecule has 2 aromatic rings. The average molecular weight is 257 g/mol. The van der Waals surface area contributed by atoms with Crippen LogP contribution in [-0.2, 0) is 0 Å². The number of aryl methyl sites for hydroxylation is 1. The van der Waals surface area contributed by atoms with E-state index in [-0.39, 0.29) is 11.9 Å². The molecule has 1 aromatic carbocycles. The number of nitrogens with zero attached hydrogens (tertiary/aromatic N) is 1. The molecule has 2 nitrogen and oxygen atoms in total. The van der Waals surface area contributed by atoms with Gasteiger partial charge in [-0.25, -0.2) is 0 Å². The van der Waals surface area contributed by atoms with Crippen LogP contribution >= 0.6 is 11.3 Å². The number of rotatable bonds is 1. The molecule has 0 saturated carbocycles. The molecule has 0 spiro atoms. The fraction of sp³-hybridized carbons (Fsp3) is 0.267. The molecule has 3 heteroatoms. The van der Waals surface area contributed by atoms with Gasteiger partial charge >= 0.3 is 0 Å². The molecule has 1 unspecified atom stereocenters. The second-order valence-corrected chi connectivity index (χ2v) is 6.09. The first-order valence-corrected chi connectivity index (χ1v) is 6.87. The van der Waals surface area contributed by atoms with Crippen LogP contribution in [0, 0.1) is 6.92 Å². The van der Waals surface area contributed by atoms with Gasteiger partial charge in [-0.15, -0.1) is 11.3 Å². The predicted octanol–water partition coefficient (Wildman–Crippen LogP) is 3.87. The summed E-state index contributed by atoms with van der Waals surface area (Å²) in [7, 11) is 1.86. The normalized spacial score (nSPS) is 18.3. The van der Waals surface area contributed by atoms with E-state index in [0.717, 1.165) is 11.1 Å². The molecule has 18 heavy (non-hydrogen) atoms. The van der Waals surface area contributed by atoms with Crippen LogP contribution in [0.4, 0.5) is 0 Å². The van der Waals surface area contributed by atoms with Crippen molar-refractivity contribution >= 4 is 17.2 Å². The molecule has 0 bridgehead atoms. The van der Waals surface area contributed by atoms with E-state index in [1.54, 1.807) is 16.2 Å². The Morgan fingerprint density at radius 1 is 1.22 bits per heavy atom. The molecule has 1 aliphatic heterocycles. The highest BCUT2D eigenvalue weighted by Crippen LogP contribution is 2.36. The SMILES string of the molecule is Cc1ccc(-c2ccc3c(c2)C(C)N(C)C3=O)s1. The van der Waals surface area contributed by atoms with Crippen LogP contribution in [0.15, 0.2) is 30.3 Å². The van der Waals surface area contributed by atoms with Crippen LogP contribution in [0.25, 0.3) is 10.4 Å². The van der Waals surface area contributed by atoms with Crippen LogP contribution in [0.1, 0.15) is 33.8 Å². The molecular weight excluding hydrogens is 242 g/mol. The van der Waals surface area contributed by atoms with E-state index in [1.807, 2.05) is 19.2 Å². The van der Waals surface area contributed by atoms with Gasteiger partial charge in [-0.05, 0) is 49.2 Å². The molecule has 3 rings (SSSR count). The third-order valence-electron chi connectivity index (χ3n) is 3.66. The number of carbonyl (C=O) groups excluding carboxylic acids is 1. The number of amides is 1. The standard InChI is InChI=1S/C15H15NOS/c1-9-4-7-14(18-9)11-5-6-12-13(8-11)10(2)16(3)15(12)17/h4-8,10H,1-3H3. The number of hydrogen-bond acceptors (Lipinski definition) is 2. The highest BCUT2D eigenvalue weighted by molar-refractivity contribution is 7.15. The number of fused-ring (bicyclic) bond motifs is 1. The van der Waals surface area contributed by atoms with Crippen LogP contribution in [0.2, 0.25) is 0 Å². The van der Waals surface area contributed by atoms with Crippen molar-refractivity contribution in [2.75, 3.05) is 7.05 Å². The zero-order chi connectivity index (χ0) is 12.9. The molecule has 0 fully saturated rings. The summed E-state index contributed by atoms with van der Waals surface area (Å²) in [5.41, 5.74) is 3.20. The largest absolute Gasteiger partial charge is 0.335 e. The minimum Gasteiger partial charge on any atom is -0.335 e. The van der Waals surface area contributed by atoms with Crippen molar-refractivity contribution in [3.63, 3.8) is 0 Å². The summed E-state index contributed by atoms with van der Waals surface area (Å²) in [4.78, 5) is 16.4. The Morgan fingerprint density at radius 2 is 2.00 bits per heavy atom. The summed E-state index contributed by atoms with van der Waals surface area (Å²) in [6.07, 6.45) is 0. The highest BCUT2D eigenvalue weighted by atomic mass is 32.1. The molecule has 0 N–H and O–H groups in total. The van der Waals surface area contributed by atoms with Gasteiger partial charge in [0.05, 0.1) is 6.04 Å². The van der Waals surface area contributed by atoms with Gasteiger partial charge in [0.1, 0.15) is 0 Å². The van der Waals surface area contributed by atoms with Crippen molar-refractivity contribution in [1.29, 1.82) is 0 Å². The van der Waals surface area contributed by atoms with Crippen LogP contribution in [0.3, 0.4) is 0 Å². The minimum atomic E-state index is 0.131. The van der Waals surface area contributed by atoms with Crippen molar-refractivity contribution in [3.8, 4) is 10.4 Å².